The minimum atomic E-state index is -0.444. The van der Waals surface area contributed by atoms with Gasteiger partial charge in [-0.15, -0.1) is 11.3 Å². The van der Waals surface area contributed by atoms with Crippen molar-refractivity contribution >= 4 is 39.7 Å². The van der Waals surface area contributed by atoms with Crippen LogP contribution in [0.15, 0.2) is 24.3 Å². The molecule has 5 rings (SSSR count). The van der Waals surface area contributed by atoms with E-state index in [1.807, 2.05) is 0 Å². The van der Waals surface area contributed by atoms with Gasteiger partial charge in [0.25, 0.3) is 17.7 Å². The highest BCUT2D eigenvalue weighted by molar-refractivity contribution is 7.17. The smallest absolute Gasteiger partial charge is 0.256 e. The first kappa shape index (κ1) is 24.0. The van der Waals surface area contributed by atoms with Crippen molar-refractivity contribution in [2.24, 2.45) is 0 Å². The number of hydrogen-bond donors (Lipinski definition) is 3. The van der Waals surface area contributed by atoms with Crippen LogP contribution in [0, 0.1) is 0 Å². The fraction of sp³-hybridized carbons (Fsp3) is 0.500. The van der Waals surface area contributed by atoms with E-state index < -0.39 is 6.10 Å². The Kier molecular flexibility index (Phi) is 7.46. The SMILES string of the molecule is O=C(Nc1sc2c(c1C(=O)NCC1CCCO1)CCCC2)c1cccc(NC(=O)C2CCCO2)c1. The fourth-order valence-corrected chi connectivity index (χ4v) is 6.20. The molecule has 3 aliphatic rings. The van der Waals surface area contributed by atoms with Gasteiger partial charge in [0, 0.05) is 35.9 Å². The van der Waals surface area contributed by atoms with E-state index in [0.29, 0.717) is 41.4 Å². The molecule has 2 aromatic rings. The molecule has 0 radical (unpaired) electrons. The number of ether oxygens (including phenoxy) is 2. The first-order valence-corrected chi connectivity index (χ1v) is 13.3. The van der Waals surface area contributed by atoms with Gasteiger partial charge in [-0.3, -0.25) is 14.4 Å². The summed E-state index contributed by atoms with van der Waals surface area (Å²) >= 11 is 1.49. The second-order valence-corrected chi connectivity index (χ2v) is 10.4. The molecule has 2 aliphatic heterocycles. The Bertz CT molecular complexity index is 1100. The molecule has 186 valence electrons. The van der Waals surface area contributed by atoms with Gasteiger partial charge in [-0.2, -0.15) is 0 Å². The molecule has 2 atom stereocenters. The molecule has 1 aromatic carbocycles. The third kappa shape index (κ3) is 5.58. The number of aryl methyl sites for hydroxylation is 1. The first-order chi connectivity index (χ1) is 17.1. The van der Waals surface area contributed by atoms with Crippen molar-refractivity contribution in [1.29, 1.82) is 0 Å². The van der Waals surface area contributed by atoms with Gasteiger partial charge in [0.05, 0.1) is 11.7 Å². The van der Waals surface area contributed by atoms with Crippen LogP contribution in [0.1, 0.15) is 69.7 Å². The number of benzene rings is 1. The van der Waals surface area contributed by atoms with Crippen molar-refractivity contribution in [2.45, 2.75) is 63.6 Å². The Balaban J connectivity index is 1.31. The molecule has 3 heterocycles. The Hall–Kier alpha value is -2.75. The number of amides is 3. The van der Waals surface area contributed by atoms with E-state index in [-0.39, 0.29) is 23.8 Å². The summed E-state index contributed by atoms with van der Waals surface area (Å²) in [6, 6.07) is 6.82. The quantitative estimate of drug-likeness (QED) is 0.538. The van der Waals surface area contributed by atoms with E-state index in [0.717, 1.165) is 57.1 Å². The van der Waals surface area contributed by atoms with Crippen molar-refractivity contribution in [2.75, 3.05) is 30.4 Å². The van der Waals surface area contributed by atoms with E-state index in [9.17, 15) is 14.4 Å². The number of carbonyl (C=O) groups excluding carboxylic acids is 3. The van der Waals surface area contributed by atoms with Crippen molar-refractivity contribution in [3.8, 4) is 0 Å². The number of nitrogens with one attached hydrogen (secondary N) is 3. The molecule has 3 N–H and O–H groups in total. The number of carbonyl (C=O) groups is 3. The van der Waals surface area contributed by atoms with Crippen LogP contribution >= 0.6 is 11.3 Å². The van der Waals surface area contributed by atoms with E-state index in [1.165, 1.54) is 16.2 Å². The molecule has 1 aliphatic carbocycles. The maximum atomic E-state index is 13.2. The Labute approximate surface area is 208 Å². The highest BCUT2D eigenvalue weighted by atomic mass is 32.1. The first-order valence-electron chi connectivity index (χ1n) is 12.5. The predicted octanol–water partition coefficient (Wildman–Crippen LogP) is 3.91. The third-order valence-electron chi connectivity index (χ3n) is 6.75. The zero-order valence-corrected chi connectivity index (χ0v) is 20.5. The zero-order chi connectivity index (χ0) is 24.2. The van der Waals surface area contributed by atoms with Gasteiger partial charge >= 0.3 is 0 Å². The Morgan fingerprint density at radius 1 is 0.943 bits per heavy atom. The van der Waals surface area contributed by atoms with Crippen molar-refractivity contribution in [1.82, 2.24) is 5.32 Å². The van der Waals surface area contributed by atoms with Crippen LogP contribution in [0.2, 0.25) is 0 Å². The maximum Gasteiger partial charge on any atom is 0.256 e. The fourth-order valence-electron chi connectivity index (χ4n) is 4.92. The number of rotatable bonds is 7. The molecular weight excluding hydrogens is 466 g/mol. The van der Waals surface area contributed by atoms with Crippen LogP contribution in [-0.4, -0.2) is 49.7 Å². The monoisotopic (exact) mass is 497 g/mol. The van der Waals surface area contributed by atoms with Crippen molar-refractivity contribution in [3.05, 3.63) is 45.8 Å². The predicted molar refractivity (Wildman–Crippen MR) is 134 cm³/mol. The molecule has 0 bridgehead atoms. The van der Waals surface area contributed by atoms with Gasteiger partial charge in [-0.05, 0) is 75.1 Å². The average molecular weight is 498 g/mol. The summed E-state index contributed by atoms with van der Waals surface area (Å²) in [7, 11) is 0. The summed E-state index contributed by atoms with van der Waals surface area (Å²) in [6.07, 6.45) is 7.04. The largest absolute Gasteiger partial charge is 0.376 e. The van der Waals surface area contributed by atoms with E-state index in [4.69, 9.17) is 9.47 Å². The molecule has 1 aromatic heterocycles. The number of fused-ring (bicyclic) bond motifs is 1. The van der Waals surface area contributed by atoms with E-state index >= 15 is 0 Å². The molecule has 35 heavy (non-hydrogen) atoms. The number of anilines is 2. The summed E-state index contributed by atoms with van der Waals surface area (Å²) < 4.78 is 11.1. The highest BCUT2D eigenvalue weighted by Crippen LogP contribution is 2.38. The lowest BCUT2D eigenvalue weighted by Gasteiger charge is -2.15. The Morgan fingerprint density at radius 2 is 1.77 bits per heavy atom. The van der Waals surface area contributed by atoms with Gasteiger partial charge in [0.2, 0.25) is 0 Å². The van der Waals surface area contributed by atoms with Gasteiger partial charge in [0.1, 0.15) is 11.1 Å². The highest BCUT2D eigenvalue weighted by Gasteiger charge is 2.28. The van der Waals surface area contributed by atoms with Crippen molar-refractivity contribution < 1.29 is 23.9 Å². The van der Waals surface area contributed by atoms with Gasteiger partial charge < -0.3 is 25.4 Å². The second kappa shape index (κ2) is 10.9. The summed E-state index contributed by atoms with van der Waals surface area (Å²) in [6.45, 7) is 1.81. The third-order valence-corrected chi connectivity index (χ3v) is 7.96. The molecule has 0 saturated carbocycles. The molecule has 3 amide bonds. The molecular formula is C26H31N3O5S. The number of hydrogen-bond acceptors (Lipinski definition) is 6. The number of thiophene rings is 1. The van der Waals surface area contributed by atoms with Crippen LogP contribution in [0.5, 0.6) is 0 Å². The standard InChI is InChI=1S/C26H31N3O5S/c30-23(16-6-3-7-17(14-16)28-24(31)20-10-5-13-34-20)29-26-22(19-9-1-2-11-21(19)35-26)25(32)27-15-18-8-4-12-33-18/h3,6-7,14,18,20H,1-2,4-5,8-13,15H2,(H,27,32)(H,28,31)(H,29,30). The van der Waals surface area contributed by atoms with Crippen LogP contribution < -0.4 is 16.0 Å². The zero-order valence-electron chi connectivity index (χ0n) is 19.7. The topological polar surface area (TPSA) is 106 Å². The van der Waals surface area contributed by atoms with E-state index in [1.54, 1.807) is 24.3 Å². The molecule has 0 spiro atoms. The van der Waals surface area contributed by atoms with Gasteiger partial charge in [-0.25, -0.2) is 0 Å². The molecule has 2 fully saturated rings. The summed E-state index contributed by atoms with van der Waals surface area (Å²) in [5.41, 5.74) is 2.59. The van der Waals surface area contributed by atoms with Crippen LogP contribution in [0.25, 0.3) is 0 Å². The second-order valence-electron chi connectivity index (χ2n) is 9.29. The minimum absolute atomic E-state index is 0.0547. The van der Waals surface area contributed by atoms with Crippen LogP contribution in [0.3, 0.4) is 0 Å². The molecule has 9 heteroatoms. The van der Waals surface area contributed by atoms with Crippen molar-refractivity contribution in [3.63, 3.8) is 0 Å². The summed E-state index contributed by atoms with van der Waals surface area (Å²) in [5, 5.41) is 9.42. The van der Waals surface area contributed by atoms with Crippen LogP contribution in [-0.2, 0) is 27.1 Å². The molecule has 2 unspecified atom stereocenters. The van der Waals surface area contributed by atoms with Crippen LogP contribution in [0.4, 0.5) is 10.7 Å². The van der Waals surface area contributed by atoms with E-state index in [2.05, 4.69) is 16.0 Å². The minimum Gasteiger partial charge on any atom is -0.376 e. The van der Waals surface area contributed by atoms with Gasteiger partial charge in [0.15, 0.2) is 0 Å². The van der Waals surface area contributed by atoms with Gasteiger partial charge in [-0.1, -0.05) is 6.07 Å². The Morgan fingerprint density at radius 3 is 2.57 bits per heavy atom. The lowest BCUT2D eigenvalue weighted by Crippen LogP contribution is -2.32. The maximum absolute atomic E-state index is 13.2. The summed E-state index contributed by atoms with van der Waals surface area (Å²) in [5.74, 6) is -0.672. The average Bonchev–Trinajstić information content (AvgIpc) is 3.64. The molecule has 2 saturated heterocycles. The summed E-state index contributed by atoms with van der Waals surface area (Å²) in [4.78, 5) is 39.9. The lowest BCUT2D eigenvalue weighted by atomic mass is 9.95. The molecule has 8 nitrogen and oxygen atoms in total. The normalized spacial score (nSPS) is 21.4. The lowest BCUT2D eigenvalue weighted by molar-refractivity contribution is -0.124.